The van der Waals surface area contributed by atoms with Crippen molar-refractivity contribution in [3.63, 3.8) is 0 Å². The highest BCUT2D eigenvalue weighted by Gasteiger charge is 2.46. The highest BCUT2D eigenvalue weighted by atomic mass is 32.2. The number of thioether (sulfide) groups is 1. The van der Waals surface area contributed by atoms with Crippen molar-refractivity contribution in [2.45, 2.75) is 17.7 Å². The van der Waals surface area contributed by atoms with Crippen LogP contribution in [0.5, 0.6) is 0 Å². The topological polar surface area (TPSA) is 109 Å². The molecule has 0 aliphatic heterocycles. The van der Waals surface area contributed by atoms with Crippen LogP contribution in [0.3, 0.4) is 0 Å². The number of carbonyl (C=O) groups is 3. The van der Waals surface area contributed by atoms with Crippen molar-refractivity contribution < 1.29 is 19.5 Å². The smallest absolute Gasteiger partial charge is 0.323 e. The summed E-state index contributed by atoms with van der Waals surface area (Å²) >= 11 is 5.16. The van der Waals surface area contributed by atoms with Crippen LogP contribution >= 0.6 is 24.4 Å². The Morgan fingerprint density at radius 1 is 1.56 bits per heavy atom. The zero-order valence-electron chi connectivity index (χ0n) is 8.89. The lowest BCUT2D eigenvalue weighted by molar-refractivity contribution is -0.142. The van der Waals surface area contributed by atoms with E-state index in [2.05, 4.69) is 17.9 Å². The number of thiol groups is 1. The van der Waals surface area contributed by atoms with E-state index in [-0.39, 0.29) is 5.75 Å². The summed E-state index contributed by atoms with van der Waals surface area (Å²) in [5.41, 5.74) is 5.06. The van der Waals surface area contributed by atoms with Crippen LogP contribution in [0, 0.1) is 0 Å². The number of hydrogen-bond acceptors (Lipinski definition) is 5. The largest absolute Gasteiger partial charge is 0.480 e. The van der Waals surface area contributed by atoms with Gasteiger partial charge in [0, 0.05) is 12.7 Å². The number of carboxylic acids is 1. The Kier molecular flexibility index (Phi) is 5.66. The lowest BCUT2D eigenvalue weighted by atomic mass is 10.00. The first-order chi connectivity index (χ1) is 7.25. The summed E-state index contributed by atoms with van der Waals surface area (Å²) in [6.07, 6.45) is 1.67. The second-order valence-corrected chi connectivity index (χ2v) is 4.86. The first kappa shape index (κ1) is 15.1. The maximum atomic E-state index is 11.1. The van der Waals surface area contributed by atoms with Gasteiger partial charge >= 0.3 is 5.97 Å². The Hall–Kier alpha value is -0.890. The van der Waals surface area contributed by atoms with Gasteiger partial charge in [0.15, 0.2) is 0 Å². The third-order valence-corrected chi connectivity index (χ3v) is 3.41. The maximum Gasteiger partial charge on any atom is 0.323 e. The van der Waals surface area contributed by atoms with Crippen molar-refractivity contribution in [3.8, 4) is 0 Å². The number of primary amides is 1. The van der Waals surface area contributed by atoms with E-state index in [1.807, 2.05) is 0 Å². The van der Waals surface area contributed by atoms with Crippen LogP contribution in [0.2, 0.25) is 0 Å². The molecule has 0 aromatic heterocycles. The molecule has 0 aliphatic carbocycles. The van der Waals surface area contributed by atoms with E-state index in [1.54, 1.807) is 6.26 Å². The van der Waals surface area contributed by atoms with Crippen LogP contribution in [0.25, 0.3) is 0 Å². The maximum absolute atomic E-state index is 11.1. The van der Waals surface area contributed by atoms with Crippen LogP contribution in [0.1, 0.15) is 6.92 Å². The van der Waals surface area contributed by atoms with E-state index < -0.39 is 28.6 Å². The molecule has 0 radical (unpaired) electrons. The second-order valence-electron chi connectivity index (χ2n) is 3.20. The number of amides is 2. The van der Waals surface area contributed by atoms with Crippen LogP contribution in [-0.4, -0.2) is 45.7 Å². The standard InChI is InChI=1S/C8H14N2O4S2/c1-4(11)10-5(6(9)12)8(15,3-16-2)7(13)14/h5,15H,3H2,1-2H3,(H2,9,12)(H,10,11)(H,13,14). The molecule has 0 saturated carbocycles. The second kappa shape index (κ2) is 6.00. The number of carbonyl (C=O) groups excluding carboxylic acids is 2. The molecular formula is C8H14N2O4S2. The predicted molar refractivity (Wildman–Crippen MR) is 64.5 cm³/mol. The molecule has 8 heteroatoms. The molecular weight excluding hydrogens is 252 g/mol. The van der Waals surface area contributed by atoms with E-state index in [1.165, 1.54) is 18.7 Å². The third kappa shape index (κ3) is 3.60. The number of nitrogens with two attached hydrogens (primary N) is 1. The van der Waals surface area contributed by atoms with Gasteiger partial charge in [-0.25, -0.2) is 0 Å². The van der Waals surface area contributed by atoms with Crippen LogP contribution in [0.15, 0.2) is 0 Å². The van der Waals surface area contributed by atoms with E-state index >= 15 is 0 Å². The van der Waals surface area contributed by atoms with Gasteiger partial charge in [-0.05, 0) is 6.26 Å². The molecule has 2 atom stereocenters. The van der Waals surface area contributed by atoms with Crippen LogP contribution < -0.4 is 11.1 Å². The third-order valence-electron chi connectivity index (χ3n) is 1.84. The molecule has 6 nitrogen and oxygen atoms in total. The van der Waals surface area contributed by atoms with Crippen molar-refractivity contribution >= 4 is 42.2 Å². The normalized spacial score (nSPS) is 15.9. The molecule has 0 rings (SSSR count). The molecule has 0 heterocycles. The van der Waals surface area contributed by atoms with E-state index in [0.717, 1.165) is 0 Å². The minimum Gasteiger partial charge on any atom is -0.480 e. The minimum absolute atomic E-state index is 0.0410. The monoisotopic (exact) mass is 266 g/mol. The molecule has 0 aliphatic rings. The van der Waals surface area contributed by atoms with Gasteiger partial charge in [0.05, 0.1) is 0 Å². The zero-order chi connectivity index (χ0) is 12.9. The minimum atomic E-state index is -1.71. The summed E-state index contributed by atoms with van der Waals surface area (Å²) in [4.78, 5) is 33.1. The average Bonchev–Trinajstić information content (AvgIpc) is 2.13. The van der Waals surface area contributed by atoms with Gasteiger partial charge in [-0.1, -0.05) is 0 Å². The number of aliphatic carboxylic acids is 1. The fourth-order valence-corrected chi connectivity index (χ4v) is 2.43. The summed E-state index contributed by atoms with van der Waals surface area (Å²) in [5.74, 6) is -2.73. The van der Waals surface area contributed by atoms with Gasteiger partial charge in [0.1, 0.15) is 10.8 Å². The molecule has 92 valence electrons. The van der Waals surface area contributed by atoms with Crippen molar-refractivity contribution in [2.24, 2.45) is 5.73 Å². The summed E-state index contributed by atoms with van der Waals surface area (Å²) in [5, 5.41) is 11.2. The van der Waals surface area contributed by atoms with Gasteiger partial charge in [0.25, 0.3) is 0 Å². The van der Waals surface area contributed by atoms with Gasteiger partial charge in [-0.3, -0.25) is 14.4 Å². The lowest BCUT2D eigenvalue weighted by Crippen LogP contribution is -2.61. The molecule has 0 aromatic rings. The average molecular weight is 266 g/mol. The van der Waals surface area contributed by atoms with Crippen LogP contribution in [0.4, 0.5) is 0 Å². The summed E-state index contributed by atoms with van der Waals surface area (Å²) < 4.78 is -1.71. The molecule has 0 bridgehead atoms. The highest BCUT2D eigenvalue weighted by molar-refractivity contribution is 7.99. The molecule has 2 amide bonds. The number of carboxylic acid groups (broad SMARTS) is 1. The lowest BCUT2D eigenvalue weighted by Gasteiger charge is -2.30. The van der Waals surface area contributed by atoms with Crippen molar-refractivity contribution in [1.82, 2.24) is 5.32 Å². The van der Waals surface area contributed by atoms with Gasteiger partial charge in [0.2, 0.25) is 11.8 Å². The van der Waals surface area contributed by atoms with E-state index in [9.17, 15) is 14.4 Å². The fourth-order valence-electron chi connectivity index (χ4n) is 1.12. The van der Waals surface area contributed by atoms with E-state index in [4.69, 9.17) is 10.8 Å². The number of rotatable bonds is 6. The zero-order valence-corrected chi connectivity index (χ0v) is 10.6. The van der Waals surface area contributed by atoms with Gasteiger partial charge < -0.3 is 16.2 Å². The highest BCUT2D eigenvalue weighted by Crippen LogP contribution is 2.24. The molecule has 0 spiro atoms. The Morgan fingerprint density at radius 2 is 2.06 bits per heavy atom. The summed E-state index contributed by atoms with van der Waals surface area (Å²) in [6, 6.07) is -1.35. The first-order valence-corrected chi connectivity index (χ1v) is 6.11. The van der Waals surface area contributed by atoms with Gasteiger partial charge in [-0.2, -0.15) is 24.4 Å². The Labute approximate surface area is 103 Å². The molecule has 16 heavy (non-hydrogen) atoms. The summed E-state index contributed by atoms with van der Waals surface area (Å²) in [7, 11) is 0. The van der Waals surface area contributed by atoms with Crippen molar-refractivity contribution in [1.29, 1.82) is 0 Å². The van der Waals surface area contributed by atoms with Crippen molar-refractivity contribution in [3.05, 3.63) is 0 Å². The first-order valence-electron chi connectivity index (χ1n) is 4.26. The molecule has 0 saturated heterocycles. The summed E-state index contributed by atoms with van der Waals surface area (Å²) in [6.45, 7) is 1.17. The molecule has 0 aromatic carbocycles. The predicted octanol–water partition coefficient (Wildman–Crippen LogP) is -0.907. The van der Waals surface area contributed by atoms with E-state index in [0.29, 0.717) is 0 Å². The Morgan fingerprint density at radius 3 is 2.31 bits per heavy atom. The SMILES string of the molecule is CSCC(S)(C(=O)O)C(NC(C)=O)C(N)=O. The van der Waals surface area contributed by atoms with Crippen molar-refractivity contribution in [2.75, 3.05) is 12.0 Å². The Bertz CT molecular complexity index is 310. The molecule has 4 N–H and O–H groups in total. The van der Waals surface area contributed by atoms with Crippen LogP contribution in [-0.2, 0) is 14.4 Å². The molecule has 2 unspecified atom stereocenters. The molecule has 0 fully saturated rings. The number of nitrogens with one attached hydrogen (secondary N) is 1. The quantitative estimate of drug-likeness (QED) is 0.465. The van der Waals surface area contributed by atoms with Gasteiger partial charge in [-0.15, -0.1) is 0 Å². The fraction of sp³-hybridized carbons (Fsp3) is 0.625. The Balaban J connectivity index is 5.17. The number of hydrogen-bond donors (Lipinski definition) is 4.